The van der Waals surface area contributed by atoms with Gasteiger partial charge in [-0.2, -0.15) is 0 Å². The molecule has 0 aliphatic rings. The molecule has 8 nitrogen and oxygen atoms in total. The van der Waals surface area contributed by atoms with Crippen molar-refractivity contribution in [3.05, 3.63) is 54.1 Å². The Bertz CT molecular complexity index is 927. The molecule has 0 radical (unpaired) electrons. The summed E-state index contributed by atoms with van der Waals surface area (Å²) in [5.41, 5.74) is 2.75. The molecule has 8 heteroatoms. The van der Waals surface area contributed by atoms with Gasteiger partial charge in [0.05, 0.1) is 11.4 Å². The highest BCUT2D eigenvalue weighted by molar-refractivity contribution is 6.06. The minimum atomic E-state index is -0.330. The number of anilines is 2. The van der Waals surface area contributed by atoms with Crippen LogP contribution in [0, 0.1) is 6.92 Å². The summed E-state index contributed by atoms with van der Waals surface area (Å²) in [4.78, 5) is 28.7. The van der Waals surface area contributed by atoms with Crippen molar-refractivity contribution in [2.45, 2.75) is 6.92 Å². The van der Waals surface area contributed by atoms with E-state index in [9.17, 15) is 9.59 Å². The van der Waals surface area contributed by atoms with Gasteiger partial charge in [-0.3, -0.25) is 9.59 Å². The first-order chi connectivity index (χ1) is 11.8. The van der Waals surface area contributed by atoms with E-state index in [1.165, 1.54) is 0 Å². The van der Waals surface area contributed by atoms with E-state index in [0.29, 0.717) is 17.2 Å². The fraction of sp³-hybridized carbons (Fsp3) is 0.235. The lowest BCUT2D eigenvalue weighted by Gasteiger charge is -2.03. The maximum atomic E-state index is 12.5. The van der Waals surface area contributed by atoms with Crippen molar-refractivity contribution in [2.24, 2.45) is 21.1 Å². The Labute approximate surface area is 145 Å². The molecule has 3 rings (SSSR count). The molecule has 0 unspecified atom stereocenters. The summed E-state index contributed by atoms with van der Waals surface area (Å²) < 4.78 is 5.22. The topological polar surface area (TPSA) is 85.9 Å². The Kier molecular flexibility index (Phi) is 4.18. The quantitative estimate of drug-likeness (QED) is 0.761. The highest BCUT2D eigenvalue weighted by Crippen LogP contribution is 2.17. The molecule has 130 valence electrons. The van der Waals surface area contributed by atoms with Crippen LogP contribution in [0.3, 0.4) is 0 Å². The number of nitrogens with zero attached hydrogens (tertiary/aromatic N) is 4. The van der Waals surface area contributed by atoms with Crippen molar-refractivity contribution in [1.29, 1.82) is 0 Å². The van der Waals surface area contributed by atoms with Gasteiger partial charge in [0.25, 0.3) is 11.8 Å². The third-order valence-corrected chi connectivity index (χ3v) is 4.03. The van der Waals surface area contributed by atoms with Gasteiger partial charge in [-0.05, 0) is 19.1 Å². The summed E-state index contributed by atoms with van der Waals surface area (Å²) in [6.07, 6.45) is 6.78. The van der Waals surface area contributed by atoms with E-state index < -0.39 is 0 Å². The van der Waals surface area contributed by atoms with Crippen LogP contribution in [0.5, 0.6) is 0 Å². The number of hydrogen-bond acceptors (Lipinski definition) is 3. The van der Waals surface area contributed by atoms with Crippen LogP contribution in [0.2, 0.25) is 0 Å². The zero-order chi connectivity index (χ0) is 18.1. The molecule has 0 aliphatic heterocycles. The van der Waals surface area contributed by atoms with Crippen molar-refractivity contribution < 1.29 is 9.59 Å². The monoisotopic (exact) mass is 340 g/mol. The van der Waals surface area contributed by atoms with Crippen LogP contribution < -0.4 is 10.6 Å². The third-order valence-electron chi connectivity index (χ3n) is 4.03. The number of nitrogens with one attached hydrogen (secondary N) is 2. The van der Waals surface area contributed by atoms with Crippen molar-refractivity contribution in [3.63, 3.8) is 0 Å². The summed E-state index contributed by atoms with van der Waals surface area (Å²) in [5, 5.41) is 5.61. The SMILES string of the molecule is Cc1cc(NC(=O)c2cc(NC(=O)c3nccn3C)cn2C)cn1C. The summed E-state index contributed by atoms with van der Waals surface area (Å²) in [6, 6.07) is 3.52. The normalized spacial score (nSPS) is 10.7. The summed E-state index contributed by atoms with van der Waals surface area (Å²) in [6.45, 7) is 1.96. The molecule has 0 fully saturated rings. The van der Waals surface area contributed by atoms with Crippen LogP contribution in [0.25, 0.3) is 0 Å². The average molecular weight is 340 g/mol. The fourth-order valence-electron chi connectivity index (χ4n) is 2.57. The average Bonchev–Trinajstić information content (AvgIpc) is 3.20. The van der Waals surface area contributed by atoms with E-state index in [-0.39, 0.29) is 11.8 Å². The molecule has 0 spiro atoms. The Morgan fingerprint density at radius 1 is 0.920 bits per heavy atom. The van der Waals surface area contributed by atoms with E-state index in [4.69, 9.17) is 0 Å². The molecule has 3 aromatic heterocycles. The molecule has 0 aromatic carbocycles. The number of aromatic nitrogens is 4. The van der Waals surface area contributed by atoms with Crippen LogP contribution in [-0.4, -0.2) is 30.5 Å². The van der Waals surface area contributed by atoms with Gasteiger partial charge in [-0.1, -0.05) is 0 Å². The molecule has 2 amide bonds. The van der Waals surface area contributed by atoms with E-state index in [1.807, 2.05) is 30.8 Å². The molecule has 2 N–H and O–H groups in total. The van der Waals surface area contributed by atoms with E-state index >= 15 is 0 Å². The Balaban J connectivity index is 1.74. The zero-order valence-electron chi connectivity index (χ0n) is 14.6. The van der Waals surface area contributed by atoms with E-state index in [1.54, 1.807) is 47.9 Å². The first-order valence-corrected chi connectivity index (χ1v) is 7.74. The van der Waals surface area contributed by atoms with Gasteiger partial charge in [0.15, 0.2) is 5.82 Å². The summed E-state index contributed by atoms with van der Waals surface area (Å²) in [7, 11) is 5.41. The lowest BCUT2D eigenvalue weighted by molar-refractivity contribution is 0.100. The summed E-state index contributed by atoms with van der Waals surface area (Å²) >= 11 is 0. The molecule has 25 heavy (non-hydrogen) atoms. The fourth-order valence-corrected chi connectivity index (χ4v) is 2.57. The van der Waals surface area contributed by atoms with Crippen LogP contribution >= 0.6 is 0 Å². The predicted molar refractivity (Wildman–Crippen MR) is 94.7 cm³/mol. The minimum absolute atomic E-state index is 0.245. The number of imidazole rings is 1. The van der Waals surface area contributed by atoms with Gasteiger partial charge in [0, 0.05) is 51.6 Å². The molecule has 3 heterocycles. The maximum absolute atomic E-state index is 12.5. The minimum Gasteiger partial charge on any atom is -0.353 e. The van der Waals surface area contributed by atoms with E-state index in [2.05, 4.69) is 15.6 Å². The van der Waals surface area contributed by atoms with Crippen molar-refractivity contribution in [3.8, 4) is 0 Å². The highest BCUT2D eigenvalue weighted by atomic mass is 16.2. The summed E-state index contributed by atoms with van der Waals surface area (Å²) in [5.74, 6) is -0.274. The Morgan fingerprint density at radius 3 is 2.16 bits per heavy atom. The third kappa shape index (κ3) is 3.32. The number of aryl methyl sites for hydroxylation is 4. The maximum Gasteiger partial charge on any atom is 0.291 e. The van der Waals surface area contributed by atoms with Crippen LogP contribution in [0.4, 0.5) is 11.4 Å². The molecule has 0 aliphatic carbocycles. The van der Waals surface area contributed by atoms with E-state index in [0.717, 1.165) is 11.4 Å². The van der Waals surface area contributed by atoms with Crippen molar-refractivity contribution >= 4 is 23.2 Å². The largest absolute Gasteiger partial charge is 0.353 e. The first kappa shape index (κ1) is 16.6. The lowest BCUT2D eigenvalue weighted by Crippen LogP contribution is -2.16. The van der Waals surface area contributed by atoms with Gasteiger partial charge in [-0.25, -0.2) is 4.98 Å². The number of amides is 2. The molecule has 0 saturated heterocycles. The number of rotatable bonds is 4. The molecule has 0 bridgehead atoms. The standard InChI is InChI=1S/C17H20N6O2/c1-11-7-12(9-22(11)3)19-16(24)14-8-13(10-23(14)4)20-17(25)15-18-5-6-21(15)2/h5-10H,1-4H3,(H,19,24)(H,20,25). The first-order valence-electron chi connectivity index (χ1n) is 7.74. The molecule has 0 atom stereocenters. The smallest absolute Gasteiger partial charge is 0.291 e. The van der Waals surface area contributed by atoms with Crippen LogP contribution in [-0.2, 0) is 21.1 Å². The molecule has 0 saturated carbocycles. The number of carbonyl (C=O) groups excluding carboxylic acids is 2. The van der Waals surface area contributed by atoms with Gasteiger partial charge < -0.3 is 24.3 Å². The van der Waals surface area contributed by atoms with Crippen LogP contribution in [0.1, 0.15) is 26.8 Å². The van der Waals surface area contributed by atoms with Gasteiger partial charge in [-0.15, -0.1) is 0 Å². The van der Waals surface area contributed by atoms with Crippen molar-refractivity contribution in [2.75, 3.05) is 10.6 Å². The van der Waals surface area contributed by atoms with Gasteiger partial charge in [0.1, 0.15) is 5.69 Å². The van der Waals surface area contributed by atoms with Crippen LogP contribution in [0.15, 0.2) is 36.9 Å². The number of carbonyl (C=O) groups is 2. The second-order valence-corrected chi connectivity index (χ2v) is 5.98. The Hall–Kier alpha value is -3.29. The lowest BCUT2D eigenvalue weighted by atomic mass is 10.3. The second-order valence-electron chi connectivity index (χ2n) is 5.98. The second kappa shape index (κ2) is 6.31. The zero-order valence-corrected chi connectivity index (χ0v) is 14.6. The molecule has 3 aromatic rings. The molecular weight excluding hydrogens is 320 g/mol. The predicted octanol–water partition coefficient (Wildman–Crippen LogP) is 1.91. The highest BCUT2D eigenvalue weighted by Gasteiger charge is 2.16. The van der Waals surface area contributed by atoms with Gasteiger partial charge in [0.2, 0.25) is 0 Å². The van der Waals surface area contributed by atoms with Crippen molar-refractivity contribution in [1.82, 2.24) is 18.7 Å². The van der Waals surface area contributed by atoms with Gasteiger partial charge >= 0.3 is 0 Å². The number of hydrogen-bond donors (Lipinski definition) is 2. The molecular formula is C17H20N6O2. The Morgan fingerprint density at radius 2 is 1.56 bits per heavy atom.